The molecule has 0 saturated carbocycles. The fraction of sp³-hybridized carbons (Fsp3) is 0.182. The lowest BCUT2D eigenvalue weighted by atomic mass is 10.1. The van der Waals surface area contributed by atoms with E-state index in [4.69, 9.17) is 9.47 Å². The van der Waals surface area contributed by atoms with Crippen LogP contribution in [-0.2, 0) is 19.1 Å². The molecule has 0 radical (unpaired) electrons. The lowest BCUT2D eigenvalue weighted by Crippen LogP contribution is -2.14. The number of benzene rings is 2. The van der Waals surface area contributed by atoms with Crippen LogP contribution in [0.15, 0.2) is 42.0 Å². The van der Waals surface area contributed by atoms with Crippen LogP contribution in [0.1, 0.15) is 22.8 Å². The highest BCUT2D eigenvalue weighted by molar-refractivity contribution is 14.1. The van der Waals surface area contributed by atoms with Crippen molar-refractivity contribution in [2.45, 2.75) is 6.92 Å². The SMILES string of the molecule is CCOC(=O)c1ccc(NC(=O)/C(C#N)=C/c2cc(I)c(OCC(=O)OC)c(I)c2)cc1. The van der Waals surface area contributed by atoms with Gasteiger partial charge in [-0.25, -0.2) is 9.59 Å². The number of nitrogens with zero attached hydrogens (tertiary/aromatic N) is 1. The fourth-order valence-corrected chi connectivity index (χ4v) is 4.54. The van der Waals surface area contributed by atoms with Crippen molar-refractivity contribution in [3.63, 3.8) is 0 Å². The third kappa shape index (κ3) is 7.20. The Morgan fingerprint density at radius 1 is 1.12 bits per heavy atom. The normalized spacial score (nSPS) is 10.7. The average molecular weight is 660 g/mol. The molecule has 0 fully saturated rings. The molecule has 0 unspecified atom stereocenters. The molecule has 2 rings (SSSR count). The maximum atomic E-state index is 12.5. The summed E-state index contributed by atoms with van der Waals surface area (Å²) in [5.41, 5.74) is 1.31. The number of anilines is 1. The number of carbonyl (C=O) groups excluding carboxylic acids is 3. The van der Waals surface area contributed by atoms with E-state index in [1.165, 1.54) is 25.3 Å². The van der Waals surface area contributed by atoms with E-state index in [0.29, 0.717) is 29.7 Å². The number of methoxy groups -OCH3 is 1. The monoisotopic (exact) mass is 660 g/mol. The van der Waals surface area contributed by atoms with E-state index in [2.05, 4.69) is 10.1 Å². The van der Waals surface area contributed by atoms with Gasteiger partial charge >= 0.3 is 11.9 Å². The van der Waals surface area contributed by atoms with Gasteiger partial charge in [-0.3, -0.25) is 4.79 Å². The van der Waals surface area contributed by atoms with Crippen molar-refractivity contribution in [2.24, 2.45) is 0 Å². The second-order valence-corrected chi connectivity index (χ2v) is 8.42. The van der Waals surface area contributed by atoms with E-state index in [1.54, 1.807) is 31.2 Å². The van der Waals surface area contributed by atoms with Gasteiger partial charge in [0.2, 0.25) is 0 Å². The number of halogens is 2. The van der Waals surface area contributed by atoms with Crippen molar-refractivity contribution in [3.8, 4) is 11.8 Å². The van der Waals surface area contributed by atoms with Crippen molar-refractivity contribution >= 4 is 74.8 Å². The molecule has 0 aromatic heterocycles. The van der Waals surface area contributed by atoms with E-state index in [-0.39, 0.29) is 18.8 Å². The highest BCUT2D eigenvalue weighted by Crippen LogP contribution is 2.30. The molecule has 8 nitrogen and oxygen atoms in total. The molecule has 2 aromatic carbocycles. The third-order valence-electron chi connectivity index (χ3n) is 3.91. The molecule has 2 aromatic rings. The molecule has 0 heterocycles. The number of nitrogens with one attached hydrogen (secondary N) is 1. The minimum absolute atomic E-state index is 0.103. The van der Waals surface area contributed by atoms with Crippen LogP contribution < -0.4 is 10.1 Å². The van der Waals surface area contributed by atoms with Crippen LogP contribution in [0.25, 0.3) is 6.08 Å². The molecule has 0 spiro atoms. The number of nitriles is 1. The van der Waals surface area contributed by atoms with Crippen molar-refractivity contribution in [1.82, 2.24) is 0 Å². The molecule has 32 heavy (non-hydrogen) atoms. The smallest absolute Gasteiger partial charge is 0.343 e. The maximum absolute atomic E-state index is 12.5. The molecule has 0 bridgehead atoms. The van der Waals surface area contributed by atoms with Crippen LogP contribution in [0, 0.1) is 18.5 Å². The molecule has 166 valence electrons. The predicted octanol–water partition coefficient (Wildman–Crippen LogP) is 4.17. The number of ether oxygens (including phenoxy) is 3. The summed E-state index contributed by atoms with van der Waals surface area (Å²) in [6.07, 6.45) is 1.46. The van der Waals surface area contributed by atoms with Crippen LogP contribution >= 0.6 is 45.2 Å². The molecule has 0 aliphatic carbocycles. The zero-order valence-corrected chi connectivity index (χ0v) is 21.4. The minimum atomic E-state index is -0.590. The quantitative estimate of drug-likeness (QED) is 0.196. The summed E-state index contributed by atoms with van der Waals surface area (Å²) in [4.78, 5) is 35.6. The molecular formula is C22H18I2N2O6. The lowest BCUT2D eigenvalue weighted by Gasteiger charge is -2.11. The van der Waals surface area contributed by atoms with Crippen molar-refractivity contribution in [3.05, 3.63) is 60.2 Å². The topological polar surface area (TPSA) is 115 Å². The molecule has 0 aliphatic rings. The van der Waals surface area contributed by atoms with Crippen LogP contribution in [0.4, 0.5) is 5.69 Å². The third-order valence-corrected chi connectivity index (χ3v) is 5.52. The van der Waals surface area contributed by atoms with E-state index >= 15 is 0 Å². The van der Waals surface area contributed by atoms with Gasteiger partial charge < -0.3 is 19.5 Å². The molecule has 1 amide bonds. The predicted molar refractivity (Wildman–Crippen MR) is 134 cm³/mol. The fourth-order valence-electron chi connectivity index (χ4n) is 2.41. The lowest BCUT2D eigenvalue weighted by molar-refractivity contribution is -0.142. The van der Waals surface area contributed by atoms with Gasteiger partial charge in [0, 0.05) is 5.69 Å². The van der Waals surface area contributed by atoms with Gasteiger partial charge in [0.05, 0.1) is 26.4 Å². The Morgan fingerprint density at radius 2 is 1.75 bits per heavy atom. The number of amides is 1. The van der Waals surface area contributed by atoms with E-state index in [1.807, 2.05) is 51.3 Å². The van der Waals surface area contributed by atoms with Crippen LogP contribution in [0.2, 0.25) is 0 Å². The Hall–Kier alpha value is -2.66. The van der Waals surface area contributed by atoms with Gasteiger partial charge in [-0.2, -0.15) is 5.26 Å². The van der Waals surface area contributed by atoms with Gasteiger partial charge in [-0.05, 0) is 100 Å². The molecule has 10 heteroatoms. The summed E-state index contributed by atoms with van der Waals surface area (Å²) < 4.78 is 16.4. The molecule has 0 aliphatic heterocycles. The first kappa shape index (κ1) is 25.6. The Balaban J connectivity index is 2.16. The Kier molecular flexibility index (Phi) is 9.92. The van der Waals surface area contributed by atoms with E-state index in [0.717, 1.165) is 0 Å². The zero-order chi connectivity index (χ0) is 23.7. The van der Waals surface area contributed by atoms with Crippen LogP contribution in [0.3, 0.4) is 0 Å². The standard InChI is InChI=1S/C22H18I2N2O6/c1-3-31-22(29)14-4-6-16(7-5-14)26-21(28)15(11-25)8-13-9-17(23)20(18(24)10-13)32-12-19(27)30-2/h4-10H,3,12H2,1-2H3,(H,26,28)/b15-8+. The Labute approximate surface area is 212 Å². The first-order chi connectivity index (χ1) is 15.3. The van der Waals surface area contributed by atoms with Crippen molar-refractivity contribution < 1.29 is 28.6 Å². The van der Waals surface area contributed by atoms with Crippen molar-refractivity contribution in [2.75, 3.05) is 25.6 Å². The van der Waals surface area contributed by atoms with Gasteiger partial charge in [-0.15, -0.1) is 0 Å². The summed E-state index contributed by atoms with van der Waals surface area (Å²) in [7, 11) is 1.28. The van der Waals surface area contributed by atoms with Gasteiger partial charge in [-0.1, -0.05) is 0 Å². The molecule has 0 atom stereocenters. The minimum Gasteiger partial charge on any atom is -0.480 e. The van der Waals surface area contributed by atoms with E-state index in [9.17, 15) is 19.6 Å². The highest BCUT2D eigenvalue weighted by atomic mass is 127. The molecule has 1 N–H and O–H groups in total. The molecular weight excluding hydrogens is 642 g/mol. The number of esters is 2. The maximum Gasteiger partial charge on any atom is 0.343 e. The average Bonchev–Trinajstić information content (AvgIpc) is 2.77. The highest BCUT2D eigenvalue weighted by Gasteiger charge is 2.14. The summed E-state index contributed by atoms with van der Waals surface area (Å²) >= 11 is 4.09. The number of hydrogen-bond acceptors (Lipinski definition) is 7. The van der Waals surface area contributed by atoms with Gasteiger partial charge in [0.15, 0.2) is 6.61 Å². The first-order valence-corrected chi connectivity index (χ1v) is 11.3. The van der Waals surface area contributed by atoms with E-state index < -0.39 is 17.8 Å². The Bertz CT molecular complexity index is 1070. The van der Waals surface area contributed by atoms with Crippen molar-refractivity contribution in [1.29, 1.82) is 5.26 Å². The van der Waals surface area contributed by atoms with Gasteiger partial charge in [0.25, 0.3) is 5.91 Å². The summed E-state index contributed by atoms with van der Waals surface area (Å²) in [6, 6.07) is 11.5. The number of rotatable bonds is 8. The second-order valence-electron chi connectivity index (χ2n) is 6.10. The van der Waals surface area contributed by atoms with Gasteiger partial charge in [0.1, 0.15) is 17.4 Å². The summed E-state index contributed by atoms with van der Waals surface area (Å²) in [5.74, 6) is -1.03. The Morgan fingerprint density at radius 3 is 2.28 bits per heavy atom. The second kappa shape index (κ2) is 12.4. The van der Waals surface area contributed by atoms with Crippen LogP contribution in [0.5, 0.6) is 5.75 Å². The largest absolute Gasteiger partial charge is 0.480 e. The van der Waals surface area contributed by atoms with Crippen LogP contribution in [-0.4, -0.2) is 38.2 Å². The molecule has 0 saturated heterocycles. The zero-order valence-electron chi connectivity index (χ0n) is 17.1. The first-order valence-electron chi connectivity index (χ1n) is 9.18. The summed E-state index contributed by atoms with van der Waals surface area (Å²) in [5, 5.41) is 12.1. The number of hydrogen-bond donors (Lipinski definition) is 1. The number of carbonyl (C=O) groups is 3. The summed E-state index contributed by atoms with van der Waals surface area (Å²) in [6.45, 7) is 1.76.